The maximum atomic E-state index is 8.59. The van der Waals surface area contributed by atoms with Gasteiger partial charge in [-0.05, 0) is 56.4 Å². The van der Waals surface area contributed by atoms with Gasteiger partial charge >= 0.3 is 0 Å². The molecule has 1 heterocycles. The lowest BCUT2D eigenvalue weighted by atomic mass is 9.88. The Morgan fingerprint density at radius 2 is 1.81 bits per heavy atom. The first-order valence-corrected chi connectivity index (χ1v) is 10.8. The minimum atomic E-state index is -0.228. The van der Waals surface area contributed by atoms with E-state index in [-0.39, 0.29) is 12.4 Å². The maximum absolute atomic E-state index is 8.59. The fraction of sp³-hybridized carbons (Fsp3) is 0.739. The first-order chi connectivity index (χ1) is 13.2. The molecular weight excluding hydrogens is 340 g/mol. The van der Waals surface area contributed by atoms with E-state index in [4.69, 9.17) is 19.3 Å². The van der Waals surface area contributed by atoms with Crippen LogP contribution in [0, 0.1) is 0 Å². The van der Waals surface area contributed by atoms with Crippen LogP contribution in [-0.4, -0.2) is 30.7 Å². The summed E-state index contributed by atoms with van der Waals surface area (Å²) in [6.07, 6.45) is 13.4. The largest absolute Gasteiger partial charge is 0.493 e. The van der Waals surface area contributed by atoms with Crippen molar-refractivity contribution in [2.75, 3.05) is 20.0 Å². The van der Waals surface area contributed by atoms with Gasteiger partial charge in [-0.3, -0.25) is 0 Å². The van der Waals surface area contributed by atoms with Crippen molar-refractivity contribution in [1.82, 2.24) is 0 Å². The molecule has 0 radical (unpaired) electrons. The lowest BCUT2D eigenvalue weighted by Crippen LogP contribution is -2.36. The topological polar surface area (TPSA) is 47.9 Å². The van der Waals surface area contributed by atoms with Crippen molar-refractivity contribution in [1.29, 1.82) is 0 Å². The van der Waals surface area contributed by atoms with Crippen molar-refractivity contribution in [2.24, 2.45) is 0 Å². The summed E-state index contributed by atoms with van der Waals surface area (Å²) >= 11 is 0. The molecule has 0 fully saturated rings. The second-order valence-electron chi connectivity index (χ2n) is 7.93. The van der Waals surface area contributed by atoms with Gasteiger partial charge in [-0.2, -0.15) is 0 Å². The van der Waals surface area contributed by atoms with Crippen LogP contribution in [0.25, 0.3) is 0 Å². The molecule has 4 heteroatoms. The molecule has 0 bridgehead atoms. The van der Waals surface area contributed by atoms with Crippen LogP contribution in [0.1, 0.15) is 83.6 Å². The van der Waals surface area contributed by atoms with E-state index in [0.717, 1.165) is 37.2 Å². The number of ether oxygens (including phenoxy) is 3. The van der Waals surface area contributed by atoms with Crippen LogP contribution in [0.4, 0.5) is 0 Å². The van der Waals surface area contributed by atoms with E-state index in [9.17, 15) is 0 Å². The van der Waals surface area contributed by atoms with E-state index in [1.165, 1.54) is 50.5 Å². The van der Waals surface area contributed by atoms with Crippen LogP contribution >= 0.6 is 0 Å². The Balaban J connectivity index is 1.71. The number of aliphatic hydroxyl groups excluding tert-OH is 1. The van der Waals surface area contributed by atoms with Crippen LogP contribution in [0.2, 0.25) is 0 Å². The summed E-state index contributed by atoms with van der Waals surface area (Å²) in [4.78, 5) is 0. The van der Waals surface area contributed by atoms with Crippen LogP contribution < -0.4 is 9.47 Å². The number of unbranched alkanes of at least 4 members (excludes halogenated alkanes) is 6. The standard InChI is InChI=1S/C23H38O4/c1-3-4-5-6-7-8-9-14-23(2)15-13-20-18-21(11-12-22(20)27-23)26-17-10-16-25-19-24/h11-12,18,24H,3-10,13-17,19H2,1-2H3. The quantitative estimate of drug-likeness (QED) is 0.336. The molecule has 0 aromatic heterocycles. The van der Waals surface area contributed by atoms with Crippen LogP contribution in [0.5, 0.6) is 11.5 Å². The molecule has 0 saturated carbocycles. The van der Waals surface area contributed by atoms with Gasteiger partial charge in [-0.15, -0.1) is 0 Å². The van der Waals surface area contributed by atoms with Crippen molar-refractivity contribution < 1.29 is 19.3 Å². The zero-order chi connectivity index (χ0) is 19.4. The first kappa shape index (κ1) is 22.0. The third-order valence-electron chi connectivity index (χ3n) is 5.41. The van der Waals surface area contributed by atoms with Gasteiger partial charge in [-0.1, -0.05) is 45.4 Å². The molecule has 154 valence electrons. The van der Waals surface area contributed by atoms with Crippen LogP contribution in [-0.2, 0) is 11.2 Å². The highest BCUT2D eigenvalue weighted by atomic mass is 16.6. The van der Waals surface area contributed by atoms with E-state index in [2.05, 4.69) is 26.0 Å². The molecule has 1 aromatic rings. The van der Waals surface area contributed by atoms with E-state index in [0.29, 0.717) is 13.2 Å². The molecule has 2 rings (SSSR count). The third kappa shape index (κ3) is 8.10. The number of fused-ring (bicyclic) bond motifs is 1. The summed E-state index contributed by atoms with van der Waals surface area (Å²) in [6, 6.07) is 6.15. The lowest BCUT2D eigenvalue weighted by Gasteiger charge is -2.36. The van der Waals surface area contributed by atoms with Crippen molar-refractivity contribution in [3.8, 4) is 11.5 Å². The van der Waals surface area contributed by atoms with Gasteiger partial charge in [0.05, 0.1) is 13.2 Å². The second kappa shape index (κ2) is 12.2. The SMILES string of the molecule is CCCCCCCCCC1(C)CCc2cc(OCCCOCO)ccc2O1. The van der Waals surface area contributed by atoms with E-state index in [1.807, 2.05) is 6.07 Å². The van der Waals surface area contributed by atoms with Gasteiger partial charge in [0, 0.05) is 6.42 Å². The van der Waals surface area contributed by atoms with Crippen LogP contribution in [0.15, 0.2) is 18.2 Å². The average molecular weight is 379 g/mol. The van der Waals surface area contributed by atoms with Crippen molar-refractivity contribution >= 4 is 0 Å². The number of aliphatic hydroxyl groups is 1. The lowest BCUT2D eigenvalue weighted by molar-refractivity contribution is -0.00533. The number of hydrogen-bond donors (Lipinski definition) is 1. The molecular formula is C23H38O4. The van der Waals surface area contributed by atoms with Gasteiger partial charge in [0.2, 0.25) is 0 Å². The predicted octanol–water partition coefficient (Wildman–Crippen LogP) is 5.65. The monoisotopic (exact) mass is 378 g/mol. The van der Waals surface area contributed by atoms with E-state index >= 15 is 0 Å². The molecule has 4 nitrogen and oxygen atoms in total. The van der Waals surface area contributed by atoms with Gasteiger partial charge in [-0.25, -0.2) is 0 Å². The van der Waals surface area contributed by atoms with Gasteiger partial charge in [0.1, 0.15) is 23.9 Å². The maximum Gasteiger partial charge on any atom is 0.143 e. The number of benzene rings is 1. The Hall–Kier alpha value is -1.26. The Morgan fingerprint density at radius 1 is 1.04 bits per heavy atom. The summed E-state index contributed by atoms with van der Waals surface area (Å²) in [5.41, 5.74) is 1.22. The Labute approximate surface area is 165 Å². The molecule has 1 unspecified atom stereocenters. The fourth-order valence-corrected chi connectivity index (χ4v) is 3.70. The summed E-state index contributed by atoms with van der Waals surface area (Å²) < 4.78 is 17.1. The van der Waals surface area contributed by atoms with Crippen molar-refractivity contribution in [3.05, 3.63) is 23.8 Å². The summed E-state index contributed by atoms with van der Waals surface area (Å²) in [6.45, 7) is 5.41. The molecule has 1 aliphatic rings. The highest BCUT2D eigenvalue weighted by Crippen LogP contribution is 2.37. The number of hydrogen-bond acceptors (Lipinski definition) is 4. The zero-order valence-electron chi connectivity index (χ0n) is 17.3. The third-order valence-corrected chi connectivity index (χ3v) is 5.41. The normalized spacial score (nSPS) is 18.8. The molecule has 1 aliphatic heterocycles. The summed E-state index contributed by atoms with van der Waals surface area (Å²) in [5.74, 6) is 1.90. The fourth-order valence-electron chi connectivity index (χ4n) is 3.70. The Bertz CT molecular complexity index is 531. The highest BCUT2D eigenvalue weighted by molar-refractivity contribution is 5.42. The molecule has 1 N–H and O–H groups in total. The molecule has 0 amide bonds. The summed E-state index contributed by atoms with van der Waals surface area (Å²) in [5, 5.41) is 8.59. The molecule has 27 heavy (non-hydrogen) atoms. The second-order valence-corrected chi connectivity index (χ2v) is 7.93. The minimum absolute atomic E-state index is 0.0274. The smallest absolute Gasteiger partial charge is 0.143 e. The van der Waals surface area contributed by atoms with Gasteiger partial charge in [0.15, 0.2) is 0 Å². The van der Waals surface area contributed by atoms with E-state index < -0.39 is 0 Å². The minimum Gasteiger partial charge on any atom is -0.493 e. The first-order valence-electron chi connectivity index (χ1n) is 10.8. The average Bonchev–Trinajstić information content (AvgIpc) is 2.67. The van der Waals surface area contributed by atoms with Gasteiger partial charge < -0.3 is 19.3 Å². The van der Waals surface area contributed by atoms with E-state index in [1.54, 1.807) is 0 Å². The Morgan fingerprint density at radius 3 is 2.59 bits per heavy atom. The molecule has 0 spiro atoms. The number of aryl methyl sites for hydroxylation is 1. The predicted molar refractivity (Wildman–Crippen MR) is 110 cm³/mol. The summed E-state index contributed by atoms with van der Waals surface area (Å²) in [7, 11) is 0. The zero-order valence-corrected chi connectivity index (χ0v) is 17.3. The van der Waals surface area contributed by atoms with Gasteiger partial charge in [0.25, 0.3) is 0 Å². The Kier molecular flexibility index (Phi) is 10.00. The molecule has 1 atom stereocenters. The highest BCUT2D eigenvalue weighted by Gasteiger charge is 2.31. The molecule has 0 saturated heterocycles. The van der Waals surface area contributed by atoms with Crippen molar-refractivity contribution in [2.45, 2.75) is 90.1 Å². The molecule has 1 aromatic carbocycles. The number of rotatable bonds is 14. The molecule has 0 aliphatic carbocycles. The van der Waals surface area contributed by atoms with Crippen molar-refractivity contribution in [3.63, 3.8) is 0 Å². The van der Waals surface area contributed by atoms with Crippen LogP contribution in [0.3, 0.4) is 0 Å².